The van der Waals surface area contributed by atoms with E-state index in [0.29, 0.717) is 11.8 Å². The van der Waals surface area contributed by atoms with Crippen LogP contribution in [0.4, 0.5) is 0 Å². The van der Waals surface area contributed by atoms with Crippen molar-refractivity contribution in [2.24, 2.45) is 5.92 Å². The summed E-state index contributed by atoms with van der Waals surface area (Å²) in [4.78, 5) is 8.29. The maximum atomic E-state index is 4.79. The number of fused-ring (bicyclic) bond motifs is 1. The van der Waals surface area contributed by atoms with Gasteiger partial charge in [0.1, 0.15) is 5.82 Å². The number of aromatic nitrogens is 2. The van der Waals surface area contributed by atoms with E-state index in [-0.39, 0.29) is 0 Å². The van der Waals surface area contributed by atoms with Gasteiger partial charge in [-0.25, -0.2) is 4.98 Å². The smallest absolute Gasteiger partial charge is 0.111 e. The van der Waals surface area contributed by atoms with E-state index in [4.69, 9.17) is 4.98 Å². The van der Waals surface area contributed by atoms with Crippen LogP contribution in [0.1, 0.15) is 29.8 Å². The van der Waals surface area contributed by atoms with Crippen molar-refractivity contribution in [2.45, 2.75) is 26.7 Å². The second-order valence-electron chi connectivity index (χ2n) is 5.34. The van der Waals surface area contributed by atoms with Crippen molar-refractivity contribution in [3.05, 3.63) is 29.1 Å². The molecule has 0 saturated carbocycles. The quantitative estimate of drug-likeness (QED) is 0.789. The van der Waals surface area contributed by atoms with Crippen LogP contribution in [0.5, 0.6) is 0 Å². The Morgan fingerprint density at radius 2 is 2.06 bits per heavy atom. The molecular formula is C14H19N3. The zero-order valence-corrected chi connectivity index (χ0v) is 10.7. The molecule has 1 aromatic heterocycles. The van der Waals surface area contributed by atoms with E-state index < -0.39 is 0 Å². The zero-order chi connectivity index (χ0) is 12.0. The molecule has 1 aliphatic heterocycles. The molecule has 3 heteroatoms. The van der Waals surface area contributed by atoms with E-state index >= 15 is 0 Å². The average molecular weight is 229 g/mol. The molecule has 1 aliphatic rings. The highest BCUT2D eigenvalue weighted by atomic mass is 15.0. The van der Waals surface area contributed by atoms with Crippen molar-refractivity contribution in [1.82, 2.24) is 15.3 Å². The lowest BCUT2D eigenvalue weighted by Crippen LogP contribution is -2.09. The van der Waals surface area contributed by atoms with Gasteiger partial charge >= 0.3 is 0 Å². The summed E-state index contributed by atoms with van der Waals surface area (Å²) >= 11 is 0. The first kappa shape index (κ1) is 10.8. The van der Waals surface area contributed by atoms with Crippen LogP contribution in [0.3, 0.4) is 0 Å². The fraction of sp³-hybridized carbons (Fsp3) is 0.500. The maximum Gasteiger partial charge on any atom is 0.111 e. The number of imidazole rings is 1. The van der Waals surface area contributed by atoms with Gasteiger partial charge in [0.25, 0.3) is 0 Å². The Morgan fingerprint density at radius 3 is 2.76 bits per heavy atom. The largest absolute Gasteiger partial charge is 0.342 e. The van der Waals surface area contributed by atoms with Gasteiger partial charge in [0.05, 0.1) is 11.0 Å². The molecule has 0 aliphatic carbocycles. The first-order chi connectivity index (χ1) is 8.15. The molecule has 1 saturated heterocycles. The van der Waals surface area contributed by atoms with Crippen LogP contribution in [0.2, 0.25) is 0 Å². The van der Waals surface area contributed by atoms with Gasteiger partial charge in [-0.3, -0.25) is 0 Å². The first-order valence-electron chi connectivity index (χ1n) is 6.32. The average Bonchev–Trinajstić information content (AvgIpc) is 2.83. The molecule has 0 spiro atoms. The normalized spacial score (nSPS) is 24.6. The Labute approximate surface area is 102 Å². The highest BCUT2D eigenvalue weighted by Gasteiger charge is 2.27. The monoisotopic (exact) mass is 229 g/mol. The Morgan fingerprint density at radius 1 is 1.24 bits per heavy atom. The third kappa shape index (κ3) is 1.75. The highest BCUT2D eigenvalue weighted by molar-refractivity contribution is 5.79. The second-order valence-corrected chi connectivity index (χ2v) is 5.34. The van der Waals surface area contributed by atoms with Crippen molar-refractivity contribution in [3.8, 4) is 0 Å². The number of nitrogens with one attached hydrogen (secondary N) is 2. The molecule has 0 amide bonds. The molecule has 1 fully saturated rings. The van der Waals surface area contributed by atoms with Crippen LogP contribution < -0.4 is 5.32 Å². The minimum atomic E-state index is 0.530. The third-order valence-corrected chi connectivity index (χ3v) is 3.81. The summed E-state index contributed by atoms with van der Waals surface area (Å²) in [7, 11) is 0. The number of hydrogen-bond acceptors (Lipinski definition) is 2. The molecule has 2 aromatic rings. The third-order valence-electron chi connectivity index (χ3n) is 3.81. The highest BCUT2D eigenvalue weighted by Crippen LogP contribution is 2.28. The minimum absolute atomic E-state index is 0.530. The fourth-order valence-corrected chi connectivity index (χ4v) is 2.84. The van der Waals surface area contributed by atoms with E-state index in [9.17, 15) is 0 Å². The molecule has 0 radical (unpaired) electrons. The van der Waals surface area contributed by atoms with Crippen LogP contribution in [0.15, 0.2) is 12.1 Å². The molecule has 0 unspecified atom stereocenters. The Kier molecular flexibility index (Phi) is 2.44. The van der Waals surface area contributed by atoms with E-state index in [1.807, 2.05) is 0 Å². The lowest BCUT2D eigenvalue weighted by molar-refractivity contribution is 0.551. The lowest BCUT2D eigenvalue weighted by atomic mass is 9.98. The lowest BCUT2D eigenvalue weighted by Gasteiger charge is -2.09. The van der Waals surface area contributed by atoms with Gasteiger partial charge in [-0.05, 0) is 43.5 Å². The van der Waals surface area contributed by atoms with E-state index in [1.54, 1.807) is 0 Å². The van der Waals surface area contributed by atoms with Gasteiger partial charge < -0.3 is 10.3 Å². The Balaban J connectivity index is 2.10. The number of aromatic amines is 1. The SMILES string of the molecule is Cc1cc(C)c2nc([C@@H]3CNC[C@H]3C)[nH]c2c1. The molecule has 3 rings (SSSR count). The molecule has 0 bridgehead atoms. The number of H-pyrrole nitrogens is 1. The summed E-state index contributed by atoms with van der Waals surface area (Å²) in [5.74, 6) is 2.34. The van der Waals surface area contributed by atoms with Crippen molar-refractivity contribution >= 4 is 11.0 Å². The summed E-state index contributed by atoms with van der Waals surface area (Å²) in [5.41, 5.74) is 4.87. The summed E-state index contributed by atoms with van der Waals surface area (Å²) in [6.45, 7) is 8.69. The van der Waals surface area contributed by atoms with Crippen LogP contribution in [-0.4, -0.2) is 23.1 Å². The van der Waals surface area contributed by atoms with E-state index in [1.165, 1.54) is 16.6 Å². The topological polar surface area (TPSA) is 40.7 Å². The van der Waals surface area contributed by atoms with Crippen molar-refractivity contribution in [2.75, 3.05) is 13.1 Å². The van der Waals surface area contributed by atoms with Crippen molar-refractivity contribution in [3.63, 3.8) is 0 Å². The summed E-state index contributed by atoms with van der Waals surface area (Å²) < 4.78 is 0. The number of aryl methyl sites for hydroxylation is 2. The van der Waals surface area contributed by atoms with Crippen molar-refractivity contribution in [1.29, 1.82) is 0 Å². The van der Waals surface area contributed by atoms with Gasteiger partial charge in [-0.2, -0.15) is 0 Å². The summed E-state index contributed by atoms with van der Waals surface area (Å²) in [6.07, 6.45) is 0. The second kappa shape index (κ2) is 3.84. The summed E-state index contributed by atoms with van der Waals surface area (Å²) in [5, 5.41) is 3.43. The predicted molar refractivity (Wildman–Crippen MR) is 70.3 cm³/mol. The summed E-state index contributed by atoms with van der Waals surface area (Å²) in [6, 6.07) is 4.38. The molecule has 1 aromatic carbocycles. The van der Waals surface area contributed by atoms with Crippen molar-refractivity contribution < 1.29 is 0 Å². The maximum absolute atomic E-state index is 4.79. The number of rotatable bonds is 1. The number of hydrogen-bond donors (Lipinski definition) is 2. The Bertz CT molecular complexity index is 556. The van der Waals surface area contributed by atoms with E-state index in [2.05, 4.69) is 43.2 Å². The van der Waals surface area contributed by atoms with Gasteiger partial charge in [0, 0.05) is 12.5 Å². The van der Waals surface area contributed by atoms with Crippen LogP contribution >= 0.6 is 0 Å². The molecule has 90 valence electrons. The van der Waals surface area contributed by atoms with Crippen LogP contribution in [0, 0.1) is 19.8 Å². The van der Waals surface area contributed by atoms with Gasteiger partial charge in [0.2, 0.25) is 0 Å². The van der Waals surface area contributed by atoms with Gasteiger partial charge in [-0.15, -0.1) is 0 Å². The first-order valence-corrected chi connectivity index (χ1v) is 6.32. The van der Waals surface area contributed by atoms with Crippen LogP contribution in [0.25, 0.3) is 11.0 Å². The van der Waals surface area contributed by atoms with Crippen LogP contribution in [-0.2, 0) is 0 Å². The molecule has 17 heavy (non-hydrogen) atoms. The molecule has 2 heterocycles. The number of nitrogens with zero attached hydrogens (tertiary/aromatic N) is 1. The zero-order valence-electron chi connectivity index (χ0n) is 10.7. The molecule has 3 nitrogen and oxygen atoms in total. The fourth-order valence-electron chi connectivity index (χ4n) is 2.84. The van der Waals surface area contributed by atoms with E-state index in [0.717, 1.165) is 24.4 Å². The molecule has 2 N–H and O–H groups in total. The molecule has 2 atom stereocenters. The Hall–Kier alpha value is -1.35. The minimum Gasteiger partial charge on any atom is -0.342 e. The van der Waals surface area contributed by atoms with Gasteiger partial charge in [0.15, 0.2) is 0 Å². The number of benzene rings is 1. The molecular weight excluding hydrogens is 210 g/mol. The predicted octanol–water partition coefficient (Wildman–Crippen LogP) is 2.50. The standard InChI is InChI=1S/C14H19N3/c1-8-4-9(2)13-12(5-8)16-14(17-13)11-7-15-6-10(11)3/h4-5,10-11,15H,6-7H2,1-3H3,(H,16,17)/t10-,11-/m1/s1. The van der Waals surface area contributed by atoms with Gasteiger partial charge in [-0.1, -0.05) is 13.0 Å².